The van der Waals surface area contributed by atoms with Gasteiger partial charge in [-0.05, 0) is 49.5 Å². The van der Waals surface area contributed by atoms with E-state index in [4.69, 9.17) is 23.2 Å². The highest BCUT2D eigenvalue weighted by atomic mass is 35.5. The van der Waals surface area contributed by atoms with Gasteiger partial charge in [-0.25, -0.2) is 0 Å². The summed E-state index contributed by atoms with van der Waals surface area (Å²) >= 11 is 14.0. The molecule has 6 atom stereocenters. The topological polar surface area (TPSA) is 29.1 Å². The van der Waals surface area contributed by atoms with E-state index < -0.39 is 0 Å². The van der Waals surface area contributed by atoms with Crippen LogP contribution in [0.2, 0.25) is 0 Å². The fraction of sp³-hybridized carbons (Fsp3) is 0.632. The lowest BCUT2D eigenvalue weighted by Gasteiger charge is -2.63. The van der Waals surface area contributed by atoms with Crippen molar-refractivity contribution in [3.05, 3.63) is 35.9 Å². The van der Waals surface area contributed by atoms with Gasteiger partial charge in [-0.3, -0.25) is 4.79 Å². The van der Waals surface area contributed by atoms with Crippen LogP contribution in [0.4, 0.5) is 0 Å². The lowest BCUT2D eigenvalue weighted by molar-refractivity contribution is -0.121. The third-order valence-electron chi connectivity index (χ3n) is 6.14. The number of carbonyl (C=O) groups excluding carboxylic acids is 1. The predicted molar refractivity (Wildman–Crippen MR) is 93.7 cm³/mol. The van der Waals surface area contributed by atoms with E-state index in [2.05, 4.69) is 17.4 Å². The maximum Gasteiger partial charge on any atom is 0.217 e. The first-order valence-electron chi connectivity index (χ1n) is 8.58. The van der Waals surface area contributed by atoms with Gasteiger partial charge in [0.25, 0.3) is 0 Å². The van der Waals surface area contributed by atoms with E-state index in [1.165, 1.54) is 6.42 Å². The average Bonchev–Trinajstić information content (AvgIpc) is 2.43. The van der Waals surface area contributed by atoms with Crippen LogP contribution in [0.5, 0.6) is 0 Å². The molecular formula is C19H23Cl2NO. The van der Waals surface area contributed by atoms with E-state index in [9.17, 15) is 4.79 Å². The van der Waals surface area contributed by atoms with Crippen LogP contribution < -0.4 is 5.32 Å². The van der Waals surface area contributed by atoms with Gasteiger partial charge in [0.05, 0.1) is 10.9 Å². The second-order valence-corrected chi connectivity index (χ2v) is 9.51. The molecule has 0 heterocycles. The minimum Gasteiger partial charge on any atom is -0.349 e. The fourth-order valence-corrected chi connectivity index (χ4v) is 7.33. The van der Waals surface area contributed by atoms with Crippen molar-refractivity contribution in [1.82, 2.24) is 5.32 Å². The number of carbonyl (C=O) groups is 1. The number of amides is 1. The minimum atomic E-state index is -0.283. The van der Waals surface area contributed by atoms with Crippen LogP contribution in [0.3, 0.4) is 0 Å². The van der Waals surface area contributed by atoms with Crippen LogP contribution >= 0.6 is 23.2 Å². The van der Waals surface area contributed by atoms with E-state index in [1.54, 1.807) is 6.92 Å². The number of nitrogens with one attached hydrogen (secondary N) is 1. The highest BCUT2D eigenvalue weighted by Crippen LogP contribution is 2.66. The Bertz CT molecular complexity index is 621. The zero-order valence-corrected chi connectivity index (χ0v) is 14.9. The largest absolute Gasteiger partial charge is 0.349 e. The van der Waals surface area contributed by atoms with Crippen LogP contribution in [-0.4, -0.2) is 15.7 Å². The smallest absolute Gasteiger partial charge is 0.217 e. The normalized spacial score (nSPS) is 42.5. The highest BCUT2D eigenvalue weighted by molar-refractivity contribution is 6.28. The van der Waals surface area contributed by atoms with Crippen molar-refractivity contribution in [2.45, 2.75) is 54.8 Å². The lowest BCUT2D eigenvalue weighted by atomic mass is 9.49. The Morgan fingerprint density at radius 1 is 1.22 bits per heavy atom. The number of halogens is 2. The van der Waals surface area contributed by atoms with Crippen LogP contribution in [0.25, 0.3) is 0 Å². The second kappa shape index (κ2) is 5.39. The summed E-state index contributed by atoms with van der Waals surface area (Å²) in [6, 6.07) is 10.3. The Hall–Kier alpha value is -0.730. The van der Waals surface area contributed by atoms with Crippen LogP contribution in [0.1, 0.15) is 50.6 Å². The van der Waals surface area contributed by atoms with Gasteiger partial charge in [-0.2, -0.15) is 0 Å². The molecule has 4 aliphatic carbocycles. The van der Waals surface area contributed by atoms with E-state index in [-0.39, 0.29) is 27.6 Å². The number of hydrogen-bond acceptors (Lipinski definition) is 1. The summed E-state index contributed by atoms with van der Waals surface area (Å²) in [5.74, 6) is 1.43. The Morgan fingerprint density at radius 3 is 2.57 bits per heavy atom. The van der Waals surface area contributed by atoms with Gasteiger partial charge in [0.15, 0.2) is 0 Å². The summed E-state index contributed by atoms with van der Waals surface area (Å²) < 4.78 is 0. The van der Waals surface area contributed by atoms with Gasteiger partial charge in [0.1, 0.15) is 0 Å². The molecule has 4 heteroatoms. The molecule has 0 radical (unpaired) electrons. The Balaban J connectivity index is 1.73. The van der Waals surface area contributed by atoms with Crippen LogP contribution in [-0.2, 0) is 4.79 Å². The van der Waals surface area contributed by atoms with Crippen molar-refractivity contribution in [2.75, 3.05) is 0 Å². The minimum absolute atomic E-state index is 0.00788. The van der Waals surface area contributed by atoms with Gasteiger partial charge in [0, 0.05) is 17.7 Å². The molecule has 1 N–H and O–H groups in total. The SMILES string of the molecule is CC(=O)N[C@@H](c1ccccc1)[C@H]1[C@H]2C[C@@H]3C[C@](Cl)(C2)C[C@@]1(Cl)C3. The maximum atomic E-state index is 11.9. The Labute approximate surface area is 147 Å². The maximum absolute atomic E-state index is 11.9. The molecule has 0 aliphatic heterocycles. The summed E-state index contributed by atoms with van der Waals surface area (Å²) in [6.07, 6.45) is 5.25. The van der Waals surface area contributed by atoms with Gasteiger partial charge in [0.2, 0.25) is 5.91 Å². The molecular weight excluding hydrogens is 329 g/mol. The monoisotopic (exact) mass is 351 g/mol. The molecule has 1 aromatic rings. The Kier molecular flexibility index (Phi) is 3.70. The second-order valence-electron chi connectivity index (χ2n) is 7.95. The van der Waals surface area contributed by atoms with Crippen molar-refractivity contribution in [3.63, 3.8) is 0 Å². The van der Waals surface area contributed by atoms with Crippen LogP contribution in [0, 0.1) is 17.8 Å². The third-order valence-corrected chi connectivity index (χ3v) is 7.12. The lowest BCUT2D eigenvalue weighted by Crippen LogP contribution is -2.62. The number of alkyl halides is 2. The molecule has 0 saturated heterocycles. The molecule has 4 saturated carbocycles. The molecule has 5 rings (SSSR count). The standard InChI is InChI=1S/C19H23Cl2NO/c1-12(23)22-17(14-5-3-2-4-6-14)16-15-7-13-8-18(20,10-15)11-19(16,21)9-13/h2-6,13,15-17H,7-11H2,1H3,(H,22,23)/t13-,15+,16-,17+,18+,19+/m1/s1. The summed E-state index contributed by atoms with van der Waals surface area (Å²) in [6.45, 7) is 1.59. The molecule has 0 unspecified atom stereocenters. The average molecular weight is 352 g/mol. The van der Waals surface area contributed by atoms with E-state index in [0.29, 0.717) is 11.8 Å². The molecule has 0 spiro atoms. The van der Waals surface area contributed by atoms with Gasteiger partial charge in [-0.1, -0.05) is 30.3 Å². The van der Waals surface area contributed by atoms with E-state index in [0.717, 1.165) is 31.2 Å². The molecule has 0 aromatic heterocycles. The van der Waals surface area contributed by atoms with Crippen molar-refractivity contribution in [3.8, 4) is 0 Å². The predicted octanol–water partition coefficient (Wildman–Crippen LogP) is 4.66. The highest BCUT2D eigenvalue weighted by Gasteiger charge is 2.63. The van der Waals surface area contributed by atoms with Crippen molar-refractivity contribution >= 4 is 29.1 Å². The van der Waals surface area contributed by atoms with Crippen molar-refractivity contribution < 1.29 is 4.79 Å². The molecule has 2 nitrogen and oxygen atoms in total. The molecule has 1 aromatic carbocycles. The summed E-state index contributed by atoms with van der Waals surface area (Å²) in [7, 11) is 0. The first-order valence-corrected chi connectivity index (χ1v) is 9.34. The van der Waals surface area contributed by atoms with E-state index in [1.807, 2.05) is 18.2 Å². The molecule has 4 aliphatic rings. The molecule has 1 amide bonds. The molecule has 4 bridgehead atoms. The summed E-state index contributed by atoms with van der Waals surface area (Å²) in [5.41, 5.74) is 1.16. The number of hydrogen-bond donors (Lipinski definition) is 1. The first kappa shape index (κ1) is 15.8. The number of benzene rings is 1. The molecule has 124 valence electrons. The van der Waals surface area contributed by atoms with Crippen LogP contribution in [0.15, 0.2) is 30.3 Å². The summed E-state index contributed by atoms with van der Waals surface area (Å²) in [5, 5.41) is 3.20. The molecule has 4 fully saturated rings. The van der Waals surface area contributed by atoms with E-state index >= 15 is 0 Å². The van der Waals surface area contributed by atoms with Gasteiger partial charge >= 0.3 is 0 Å². The zero-order chi connectivity index (χ0) is 16.2. The third kappa shape index (κ3) is 2.68. The number of rotatable bonds is 3. The Morgan fingerprint density at radius 2 is 1.96 bits per heavy atom. The fourth-order valence-electron chi connectivity index (χ4n) is 5.82. The van der Waals surface area contributed by atoms with Gasteiger partial charge in [-0.15, -0.1) is 23.2 Å². The van der Waals surface area contributed by atoms with Gasteiger partial charge < -0.3 is 5.32 Å². The van der Waals surface area contributed by atoms with Crippen molar-refractivity contribution in [2.24, 2.45) is 17.8 Å². The quantitative estimate of drug-likeness (QED) is 0.788. The molecule has 23 heavy (non-hydrogen) atoms. The van der Waals surface area contributed by atoms with Crippen molar-refractivity contribution in [1.29, 1.82) is 0 Å². The zero-order valence-electron chi connectivity index (χ0n) is 13.4. The first-order chi connectivity index (χ1) is 10.9. The summed E-state index contributed by atoms with van der Waals surface area (Å²) in [4.78, 5) is 11.5.